The number of carbonyl (C=O) groups is 2. The maximum Gasteiger partial charge on any atom is 0.635 e. The molecule has 0 aromatic rings. The van der Waals surface area contributed by atoms with Gasteiger partial charge >= 0.3 is 8.80 Å². The highest BCUT2D eigenvalue weighted by Gasteiger charge is 2.46. The molecule has 0 unspecified atom stereocenters. The first-order chi connectivity index (χ1) is 8.81. The van der Waals surface area contributed by atoms with Crippen LogP contribution in [0.15, 0.2) is 12.2 Å². The Morgan fingerprint density at radius 1 is 1.11 bits per heavy atom. The zero-order valence-corrected chi connectivity index (χ0v) is 13.0. The van der Waals surface area contributed by atoms with Crippen molar-refractivity contribution >= 4 is 20.7 Å². The molecule has 0 rings (SSSR count). The summed E-state index contributed by atoms with van der Waals surface area (Å²) in [5, 5.41) is 0. The highest BCUT2D eigenvalue weighted by Crippen LogP contribution is 2.18. The molecule has 19 heavy (non-hydrogen) atoms. The molecule has 0 aliphatic heterocycles. The number of ether oxygens (including phenoxy) is 1. The molecular formula is C12H22O6Si. The van der Waals surface area contributed by atoms with E-state index in [1.165, 1.54) is 21.0 Å². The fourth-order valence-corrected chi connectivity index (χ4v) is 3.45. The number of carbonyl (C=O) groups excluding carboxylic acids is 2. The van der Waals surface area contributed by atoms with E-state index in [0.717, 1.165) is 5.57 Å². The van der Waals surface area contributed by atoms with Crippen molar-refractivity contribution in [2.75, 3.05) is 20.3 Å². The summed E-state index contributed by atoms with van der Waals surface area (Å²) in [4.78, 5) is 22.2. The van der Waals surface area contributed by atoms with E-state index in [-0.39, 0.29) is 0 Å². The Labute approximate surface area is 115 Å². The molecule has 0 aromatic heterocycles. The Hall–Kier alpha value is -1.18. The third kappa shape index (κ3) is 8.52. The summed E-state index contributed by atoms with van der Waals surface area (Å²) in [5.41, 5.74) is 0.926. The quantitative estimate of drug-likeness (QED) is 0.365. The second-order valence-corrected chi connectivity index (χ2v) is 6.87. The second kappa shape index (κ2) is 8.84. The van der Waals surface area contributed by atoms with Crippen LogP contribution in [0, 0.1) is 0 Å². The molecule has 0 radical (unpaired) electrons. The molecule has 7 heteroatoms. The average Bonchev–Trinajstić information content (AvgIpc) is 2.26. The van der Waals surface area contributed by atoms with Crippen LogP contribution in [0.25, 0.3) is 0 Å². The number of hydrogen-bond acceptors (Lipinski definition) is 6. The van der Waals surface area contributed by atoms with E-state index in [9.17, 15) is 9.59 Å². The standard InChI is InChI=1S/C12H22O6Si/c1-10(2)9-16-7-6-8-19(15-5,17-11(3)13)18-12(4)14/h1,6-9H2,2-5H3. The summed E-state index contributed by atoms with van der Waals surface area (Å²) in [6, 6.07) is 0.332. The van der Waals surface area contributed by atoms with Gasteiger partial charge in [0.2, 0.25) is 0 Å². The zero-order valence-electron chi connectivity index (χ0n) is 12.0. The van der Waals surface area contributed by atoms with E-state index < -0.39 is 20.7 Å². The van der Waals surface area contributed by atoms with Crippen LogP contribution >= 0.6 is 0 Å². The van der Waals surface area contributed by atoms with Gasteiger partial charge in [0.15, 0.2) is 0 Å². The minimum atomic E-state index is -3.27. The molecule has 6 nitrogen and oxygen atoms in total. The first-order valence-electron chi connectivity index (χ1n) is 5.98. The predicted molar refractivity (Wildman–Crippen MR) is 71.4 cm³/mol. The molecule has 0 saturated heterocycles. The van der Waals surface area contributed by atoms with E-state index in [4.69, 9.17) is 18.0 Å². The summed E-state index contributed by atoms with van der Waals surface area (Å²) in [7, 11) is -1.91. The monoisotopic (exact) mass is 290 g/mol. The fourth-order valence-electron chi connectivity index (χ4n) is 1.38. The molecule has 0 aromatic carbocycles. The molecule has 0 saturated carbocycles. The van der Waals surface area contributed by atoms with Crippen LogP contribution in [0.2, 0.25) is 6.04 Å². The lowest BCUT2D eigenvalue weighted by atomic mass is 10.4. The minimum absolute atomic E-state index is 0.332. The van der Waals surface area contributed by atoms with Gasteiger partial charge in [-0.3, -0.25) is 9.59 Å². The average molecular weight is 290 g/mol. The van der Waals surface area contributed by atoms with Gasteiger partial charge in [0.1, 0.15) is 0 Å². The molecule has 0 atom stereocenters. The molecule has 0 spiro atoms. The topological polar surface area (TPSA) is 71.1 Å². The molecule has 0 aliphatic carbocycles. The Bertz CT molecular complexity index is 312. The van der Waals surface area contributed by atoms with E-state index in [2.05, 4.69) is 6.58 Å². The largest absolute Gasteiger partial charge is 0.635 e. The van der Waals surface area contributed by atoms with Gasteiger partial charge in [0, 0.05) is 33.6 Å². The molecule has 0 bridgehead atoms. The summed E-state index contributed by atoms with van der Waals surface area (Å²) in [6.45, 7) is 9.01. The van der Waals surface area contributed by atoms with Gasteiger partial charge in [0.05, 0.1) is 6.61 Å². The third-order valence-corrected chi connectivity index (χ3v) is 4.81. The second-order valence-electron chi connectivity index (χ2n) is 4.19. The summed E-state index contributed by atoms with van der Waals surface area (Å²) in [6.07, 6.45) is 0.563. The van der Waals surface area contributed by atoms with Crippen LogP contribution in [-0.2, 0) is 27.6 Å². The highest BCUT2D eigenvalue weighted by molar-refractivity contribution is 6.64. The maximum absolute atomic E-state index is 11.1. The summed E-state index contributed by atoms with van der Waals surface area (Å²) >= 11 is 0. The van der Waals surface area contributed by atoms with Crippen molar-refractivity contribution < 1.29 is 27.6 Å². The van der Waals surface area contributed by atoms with Crippen molar-refractivity contribution in [2.24, 2.45) is 0 Å². The smallest absolute Gasteiger partial charge is 0.464 e. The fraction of sp³-hybridized carbons (Fsp3) is 0.667. The van der Waals surface area contributed by atoms with Crippen LogP contribution in [0.3, 0.4) is 0 Å². The van der Waals surface area contributed by atoms with Crippen LogP contribution in [0.1, 0.15) is 27.2 Å². The van der Waals surface area contributed by atoms with Gasteiger partial charge < -0.3 is 18.0 Å². The number of hydrogen-bond donors (Lipinski definition) is 0. The third-order valence-electron chi connectivity index (χ3n) is 2.03. The Kier molecular flexibility index (Phi) is 8.29. The van der Waals surface area contributed by atoms with Gasteiger partial charge in [-0.05, 0) is 13.3 Å². The lowest BCUT2D eigenvalue weighted by molar-refractivity contribution is -0.142. The van der Waals surface area contributed by atoms with Crippen LogP contribution in [0.4, 0.5) is 0 Å². The molecule has 110 valence electrons. The van der Waals surface area contributed by atoms with E-state index in [1.807, 2.05) is 6.92 Å². The van der Waals surface area contributed by atoms with Crippen LogP contribution < -0.4 is 0 Å². The molecule has 0 heterocycles. The van der Waals surface area contributed by atoms with E-state index >= 15 is 0 Å². The Morgan fingerprint density at radius 3 is 2.00 bits per heavy atom. The minimum Gasteiger partial charge on any atom is -0.464 e. The van der Waals surface area contributed by atoms with E-state index in [0.29, 0.717) is 25.7 Å². The SMILES string of the molecule is C=C(C)COCCC[Si](OC)(OC(C)=O)OC(C)=O. The van der Waals surface area contributed by atoms with Crippen LogP contribution in [0.5, 0.6) is 0 Å². The molecule has 0 N–H and O–H groups in total. The van der Waals surface area contributed by atoms with Gasteiger partial charge in [-0.1, -0.05) is 12.2 Å². The first kappa shape index (κ1) is 17.8. The summed E-state index contributed by atoms with van der Waals surface area (Å²) in [5.74, 6) is -1.06. The lowest BCUT2D eigenvalue weighted by Gasteiger charge is -2.25. The predicted octanol–water partition coefficient (Wildman–Crippen LogP) is 1.68. The first-order valence-corrected chi connectivity index (χ1v) is 7.91. The van der Waals surface area contributed by atoms with E-state index in [1.54, 1.807) is 0 Å². The van der Waals surface area contributed by atoms with Gasteiger partial charge in [0.25, 0.3) is 11.9 Å². The van der Waals surface area contributed by atoms with Crippen molar-refractivity contribution in [3.63, 3.8) is 0 Å². The lowest BCUT2D eigenvalue weighted by Crippen LogP contribution is -2.47. The Morgan fingerprint density at radius 2 is 1.63 bits per heavy atom. The Balaban J connectivity index is 4.35. The summed E-state index contributed by atoms with van der Waals surface area (Å²) < 4.78 is 20.7. The van der Waals surface area contributed by atoms with Gasteiger partial charge in [-0.15, -0.1) is 0 Å². The van der Waals surface area contributed by atoms with Gasteiger partial charge in [-0.25, -0.2) is 0 Å². The highest BCUT2D eigenvalue weighted by atomic mass is 28.4. The van der Waals surface area contributed by atoms with Crippen molar-refractivity contribution in [1.82, 2.24) is 0 Å². The van der Waals surface area contributed by atoms with Crippen molar-refractivity contribution in [2.45, 2.75) is 33.2 Å². The number of rotatable bonds is 9. The molecule has 0 fully saturated rings. The normalized spacial score (nSPS) is 10.9. The molecular weight excluding hydrogens is 268 g/mol. The zero-order chi connectivity index (χ0) is 14.9. The van der Waals surface area contributed by atoms with Crippen molar-refractivity contribution in [1.29, 1.82) is 0 Å². The van der Waals surface area contributed by atoms with Crippen molar-refractivity contribution in [3.05, 3.63) is 12.2 Å². The molecule has 0 aliphatic rings. The molecule has 0 amide bonds. The van der Waals surface area contributed by atoms with Crippen LogP contribution in [-0.4, -0.2) is 41.1 Å². The van der Waals surface area contributed by atoms with Crippen molar-refractivity contribution in [3.8, 4) is 0 Å². The maximum atomic E-state index is 11.1. The van der Waals surface area contributed by atoms with Gasteiger partial charge in [-0.2, -0.15) is 0 Å².